The number of rotatable bonds is 5. The summed E-state index contributed by atoms with van der Waals surface area (Å²) in [5.41, 5.74) is 1.04. The van der Waals surface area contributed by atoms with E-state index in [1.165, 1.54) is 5.39 Å². The summed E-state index contributed by atoms with van der Waals surface area (Å²) >= 11 is 1.64. The topological polar surface area (TPSA) is 22.1 Å². The smallest absolute Gasteiger partial charge is 0.192 e. The summed E-state index contributed by atoms with van der Waals surface area (Å²) < 4.78 is 6.12. The van der Waals surface area contributed by atoms with E-state index < -0.39 is 8.32 Å². The van der Waals surface area contributed by atoms with Crippen molar-refractivity contribution in [3.05, 3.63) is 47.9 Å². The van der Waals surface area contributed by atoms with Crippen molar-refractivity contribution >= 4 is 31.0 Å². The molecule has 0 unspecified atom stereocenters. The molecule has 22 heavy (non-hydrogen) atoms. The number of fused-ring (bicyclic) bond motifs is 1. The van der Waals surface area contributed by atoms with Crippen molar-refractivity contribution in [3.8, 4) is 0 Å². The maximum atomic E-state index is 6.12. The minimum absolute atomic E-state index is 0.258. The van der Waals surface area contributed by atoms with Crippen LogP contribution in [0.4, 0.5) is 0 Å². The fourth-order valence-corrected chi connectivity index (χ4v) is 3.30. The number of para-hydroxylation sites is 1. The standard InChI is InChI=1S/C18H25NOSSi/c1-18(2,3)22(4,5)20-13-8-14-21-17-12-11-15-9-6-7-10-16(15)19-17/h6-12,14H,13H2,1-5H3. The quantitative estimate of drug-likeness (QED) is 0.506. The molecular formula is C18H25NOSSi. The largest absolute Gasteiger partial charge is 0.413 e. The molecule has 2 aromatic rings. The zero-order valence-electron chi connectivity index (χ0n) is 14.1. The number of nitrogens with zero attached hydrogens (tertiary/aromatic N) is 1. The highest BCUT2D eigenvalue weighted by atomic mass is 32.2. The molecular weight excluding hydrogens is 306 g/mol. The molecule has 0 amide bonds. The van der Waals surface area contributed by atoms with Gasteiger partial charge in [0, 0.05) is 5.39 Å². The molecule has 0 aliphatic carbocycles. The fraction of sp³-hybridized carbons (Fsp3) is 0.389. The third kappa shape index (κ3) is 4.45. The van der Waals surface area contributed by atoms with Gasteiger partial charge in [0.15, 0.2) is 8.32 Å². The molecule has 4 heteroatoms. The number of pyridine rings is 1. The van der Waals surface area contributed by atoms with Crippen LogP contribution < -0.4 is 0 Å². The molecule has 0 spiro atoms. The number of hydrogen-bond donors (Lipinski definition) is 0. The van der Waals surface area contributed by atoms with E-state index in [-0.39, 0.29) is 5.04 Å². The average Bonchev–Trinajstić information content (AvgIpc) is 2.45. The first-order chi connectivity index (χ1) is 10.3. The zero-order valence-corrected chi connectivity index (χ0v) is 15.9. The monoisotopic (exact) mass is 331 g/mol. The molecule has 0 N–H and O–H groups in total. The third-order valence-corrected chi connectivity index (χ3v) is 9.50. The second-order valence-corrected chi connectivity index (χ2v) is 12.6. The van der Waals surface area contributed by atoms with E-state index in [4.69, 9.17) is 4.43 Å². The molecule has 1 aromatic heterocycles. The number of aromatic nitrogens is 1. The van der Waals surface area contributed by atoms with Gasteiger partial charge in [0.25, 0.3) is 0 Å². The average molecular weight is 332 g/mol. The second-order valence-electron chi connectivity index (χ2n) is 6.90. The third-order valence-electron chi connectivity index (χ3n) is 4.20. The summed E-state index contributed by atoms with van der Waals surface area (Å²) in [6.07, 6.45) is 2.09. The Hall–Kier alpha value is -1.10. The summed E-state index contributed by atoms with van der Waals surface area (Å²) in [4.78, 5) is 4.64. The van der Waals surface area contributed by atoms with E-state index in [0.717, 1.165) is 10.5 Å². The lowest BCUT2D eigenvalue weighted by Crippen LogP contribution is -2.40. The van der Waals surface area contributed by atoms with E-state index in [0.29, 0.717) is 6.61 Å². The second kappa shape index (κ2) is 6.98. The Morgan fingerprint density at radius 2 is 1.86 bits per heavy atom. The van der Waals surface area contributed by atoms with Gasteiger partial charge in [-0.2, -0.15) is 0 Å². The molecule has 1 heterocycles. The highest BCUT2D eigenvalue weighted by Crippen LogP contribution is 2.36. The minimum atomic E-state index is -1.65. The van der Waals surface area contributed by atoms with Gasteiger partial charge in [0.05, 0.1) is 12.1 Å². The summed E-state index contributed by atoms with van der Waals surface area (Å²) in [5.74, 6) is 0. The summed E-state index contributed by atoms with van der Waals surface area (Å²) in [7, 11) is -1.65. The van der Waals surface area contributed by atoms with Gasteiger partial charge in [0.2, 0.25) is 0 Å². The van der Waals surface area contributed by atoms with E-state index in [9.17, 15) is 0 Å². The van der Waals surface area contributed by atoms with Crippen molar-refractivity contribution in [2.24, 2.45) is 0 Å². The molecule has 0 fully saturated rings. The Bertz CT molecular complexity index is 661. The lowest BCUT2D eigenvalue weighted by Gasteiger charge is -2.35. The maximum Gasteiger partial charge on any atom is 0.192 e. The van der Waals surface area contributed by atoms with Crippen LogP contribution in [0.5, 0.6) is 0 Å². The summed E-state index contributed by atoms with van der Waals surface area (Å²) in [6.45, 7) is 12.0. The van der Waals surface area contributed by atoms with Crippen LogP contribution in [0.3, 0.4) is 0 Å². The van der Waals surface area contributed by atoms with Crippen LogP contribution in [0.1, 0.15) is 20.8 Å². The van der Waals surface area contributed by atoms with Crippen LogP contribution in [-0.4, -0.2) is 19.9 Å². The summed E-state index contributed by atoms with van der Waals surface area (Å²) in [6, 6.07) is 12.4. The number of benzene rings is 1. The van der Waals surface area contributed by atoms with Crippen molar-refractivity contribution in [2.45, 2.75) is 43.9 Å². The highest BCUT2D eigenvalue weighted by Gasteiger charge is 2.36. The molecule has 1 aromatic carbocycles. The Kier molecular flexibility index (Phi) is 5.48. The predicted molar refractivity (Wildman–Crippen MR) is 99.9 cm³/mol. The molecule has 0 saturated carbocycles. The van der Waals surface area contributed by atoms with Gasteiger partial charge in [0.1, 0.15) is 5.03 Å². The van der Waals surface area contributed by atoms with Crippen LogP contribution in [0.15, 0.2) is 52.9 Å². The van der Waals surface area contributed by atoms with Gasteiger partial charge in [-0.25, -0.2) is 4.98 Å². The molecule has 2 rings (SSSR count). The van der Waals surface area contributed by atoms with E-state index in [2.05, 4.69) is 68.5 Å². The van der Waals surface area contributed by atoms with Gasteiger partial charge in [-0.05, 0) is 35.7 Å². The highest BCUT2D eigenvalue weighted by molar-refractivity contribution is 8.02. The molecule has 0 radical (unpaired) electrons. The minimum Gasteiger partial charge on any atom is -0.413 e. The van der Waals surface area contributed by atoms with Gasteiger partial charge < -0.3 is 4.43 Å². The molecule has 2 nitrogen and oxygen atoms in total. The van der Waals surface area contributed by atoms with Crippen molar-refractivity contribution < 1.29 is 4.43 Å². The molecule has 0 aliphatic rings. The summed E-state index contributed by atoms with van der Waals surface area (Å²) in [5, 5.41) is 4.53. The SMILES string of the molecule is CC(C)(C)[Si](C)(C)OCC=CSc1ccc2ccccc2n1. The molecule has 0 bridgehead atoms. The van der Waals surface area contributed by atoms with E-state index >= 15 is 0 Å². The van der Waals surface area contributed by atoms with Crippen molar-refractivity contribution in [1.29, 1.82) is 0 Å². The van der Waals surface area contributed by atoms with Crippen LogP contribution >= 0.6 is 11.8 Å². The van der Waals surface area contributed by atoms with Crippen LogP contribution in [0, 0.1) is 0 Å². The molecule has 0 saturated heterocycles. The normalized spacial score (nSPS) is 13.1. The molecule has 0 aliphatic heterocycles. The molecule has 118 valence electrons. The van der Waals surface area contributed by atoms with Crippen LogP contribution in [-0.2, 0) is 4.43 Å². The predicted octanol–water partition coefficient (Wildman–Crippen LogP) is 5.86. The Morgan fingerprint density at radius 1 is 1.14 bits per heavy atom. The van der Waals surface area contributed by atoms with Crippen molar-refractivity contribution in [3.63, 3.8) is 0 Å². The lowest BCUT2D eigenvalue weighted by atomic mass is 10.2. The van der Waals surface area contributed by atoms with Gasteiger partial charge >= 0.3 is 0 Å². The first-order valence-corrected chi connectivity index (χ1v) is 11.4. The first kappa shape index (κ1) is 17.3. The first-order valence-electron chi connectivity index (χ1n) is 7.61. The maximum absolute atomic E-state index is 6.12. The van der Waals surface area contributed by atoms with E-state index in [1.807, 2.05) is 18.2 Å². The fourth-order valence-electron chi connectivity index (χ4n) is 1.74. The zero-order chi connectivity index (χ0) is 16.2. The van der Waals surface area contributed by atoms with Gasteiger partial charge in [-0.1, -0.05) is 62.9 Å². The van der Waals surface area contributed by atoms with Crippen LogP contribution in [0.2, 0.25) is 18.1 Å². The van der Waals surface area contributed by atoms with Crippen LogP contribution in [0.25, 0.3) is 10.9 Å². The number of hydrogen-bond acceptors (Lipinski definition) is 3. The number of thioether (sulfide) groups is 1. The van der Waals surface area contributed by atoms with Crippen molar-refractivity contribution in [2.75, 3.05) is 6.61 Å². The molecule has 0 atom stereocenters. The van der Waals surface area contributed by atoms with E-state index in [1.54, 1.807) is 11.8 Å². The Balaban J connectivity index is 1.89. The Morgan fingerprint density at radius 3 is 2.59 bits per heavy atom. The van der Waals surface area contributed by atoms with Gasteiger partial charge in [-0.15, -0.1) is 0 Å². The lowest BCUT2D eigenvalue weighted by molar-refractivity contribution is 0.328. The van der Waals surface area contributed by atoms with Gasteiger partial charge in [-0.3, -0.25) is 0 Å². The van der Waals surface area contributed by atoms with Crippen molar-refractivity contribution in [1.82, 2.24) is 4.98 Å². The Labute approximate surface area is 139 Å².